The summed E-state index contributed by atoms with van der Waals surface area (Å²) in [6.07, 6.45) is 2.13. The zero-order valence-electron chi connectivity index (χ0n) is 12.8. The first kappa shape index (κ1) is 15.0. The van der Waals surface area contributed by atoms with Gasteiger partial charge in [-0.25, -0.2) is 0 Å². The molecule has 1 atom stereocenters. The molecule has 2 aromatic carbocycles. The molecule has 0 bridgehead atoms. The van der Waals surface area contributed by atoms with Crippen molar-refractivity contribution in [1.29, 1.82) is 0 Å². The van der Waals surface area contributed by atoms with Crippen molar-refractivity contribution in [1.82, 2.24) is 5.32 Å². The van der Waals surface area contributed by atoms with Crippen molar-refractivity contribution in [2.75, 3.05) is 0 Å². The number of amides is 1. The summed E-state index contributed by atoms with van der Waals surface area (Å²) in [4.78, 5) is 11.3. The lowest BCUT2D eigenvalue weighted by Crippen LogP contribution is -2.31. The summed E-state index contributed by atoms with van der Waals surface area (Å²) in [7, 11) is 0. The molecule has 1 amide bonds. The number of carbonyl (C=O) groups excluding carboxylic acids is 1. The maximum atomic E-state index is 11.3. The summed E-state index contributed by atoms with van der Waals surface area (Å²) in [6.45, 7) is 5.63. The number of rotatable bonds is 4. The Morgan fingerprint density at radius 3 is 2.24 bits per heavy atom. The van der Waals surface area contributed by atoms with Gasteiger partial charge in [0.05, 0.1) is 6.04 Å². The summed E-state index contributed by atoms with van der Waals surface area (Å²) in [5.74, 6) is -0.0202. The smallest absolute Gasteiger partial charge is 0.217 e. The molecule has 2 heteroatoms. The van der Waals surface area contributed by atoms with Crippen molar-refractivity contribution >= 4 is 17.6 Å². The Morgan fingerprint density at radius 1 is 1.05 bits per heavy atom. The van der Waals surface area contributed by atoms with Crippen molar-refractivity contribution in [3.05, 3.63) is 71.3 Å². The first-order chi connectivity index (χ1) is 10.1. The molecule has 0 radical (unpaired) electrons. The van der Waals surface area contributed by atoms with Gasteiger partial charge in [0.2, 0.25) is 5.91 Å². The van der Waals surface area contributed by atoms with Crippen LogP contribution in [0.15, 0.2) is 54.6 Å². The minimum Gasteiger partial charge on any atom is -0.350 e. The van der Waals surface area contributed by atoms with E-state index in [4.69, 9.17) is 0 Å². The molecule has 1 N–H and O–H groups in total. The Bertz CT molecular complexity index is 626. The van der Waals surface area contributed by atoms with Crippen molar-refractivity contribution < 1.29 is 4.79 Å². The number of hydrogen-bond acceptors (Lipinski definition) is 1. The first-order valence-corrected chi connectivity index (χ1v) is 7.17. The number of benzene rings is 2. The van der Waals surface area contributed by atoms with E-state index in [0.717, 1.165) is 16.7 Å². The summed E-state index contributed by atoms with van der Waals surface area (Å²) in [5, 5.41) is 2.97. The maximum absolute atomic E-state index is 11.3. The van der Waals surface area contributed by atoms with Crippen LogP contribution in [0.2, 0.25) is 0 Å². The fourth-order valence-electron chi connectivity index (χ4n) is 2.31. The van der Waals surface area contributed by atoms with Gasteiger partial charge in [-0.15, -0.1) is 0 Å². The van der Waals surface area contributed by atoms with Crippen molar-refractivity contribution in [2.45, 2.75) is 26.8 Å². The molecular formula is C19H21NO. The molecule has 2 rings (SSSR count). The molecule has 21 heavy (non-hydrogen) atoms. The maximum Gasteiger partial charge on any atom is 0.217 e. The van der Waals surface area contributed by atoms with Gasteiger partial charge in [-0.1, -0.05) is 60.2 Å². The molecule has 0 fully saturated rings. The van der Waals surface area contributed by atoms with E-state index in [0.29, 0.717) is 0 Å². The number of carbonyl (C=O) groups is 1. The van der Waals surface area contributed by atoms with Gasteiger partial charge in [-0.05, 0) is 36.6 Å². The lowest BCUT2D eigenvalue weighted by atomic mass is 9.96. The highest BCUT2D eigenvalue weighted by atomic mass is 16.1. The fraction of sp³-hybridized carbons (Fsp3) is 0.211. The normalized spacial score (nSPS) is 12.8. The molecule has 0 spiro atoms. The van der Waals surface area contributed by atoms with Crippen LogP contribution in [0, 0.1) is 6.92 Å². The Kier molecular flexibility index (Phi) is 4.94. The fourth-order valence-corrected chi connectivity index (χ4v) is 2.31. The molecule has 0 unspecified atom stereocenters. The molecule has 0 heterocycles. The van der Waals surface area contributed by atoms with Crippen LogP contribution in [-0.2, 0) is 4.79 Å². The van der Waals surface area contributed by atoms with E-state index in [-0.39, 0.29) is 11.9 Å². The summed E-state index contributed by atoms with van der Waals surface area (Å²) < 4.78 is 0. The average Bonchev–Trinajstić information content (AvgIpc) is 2.46. The second kappa shape index (κ2) is 6.89. The Balaban J connectivity index is 2.40. The van der Waals surface area contributed by atoms with Gasteiger partial charge < -0.3 is 5.32 Å². The number of hydrogen-bond donors (Lipinski definition) is 1. The lowest BCUT2D eigenvalue weighted by Gasteiger charge is -2.17. The Morgan fingerprint density at radius 2 is 1.67 bits per heavy atom. The van der Waals surface area contributed by atoms with E-state index in [9.17, 15) is 4.79 Å². The number of nitrogens with one attached hydrogen (secondary N) is 1. The van der Waals surface area contributed by atoms with E-state index in [1.807, 2.05) is 25.1 Å². The van der Waals surface area contributed by atoms with Crippen LogP contribution in [0.5, 0.6) is 0 Å². The van der Waals surface area contributed by atoms with Crippen LogP contribution in [0.25, 0.3) is 11.6 Å². The highest BCUT2D eigenvalue weighted by molar-refractivity contribution is 5.86. The monoisotopic (exact) mass is 279 g/mol. The largest absolute Gasteiger partial charge is 0.350 e. The van der Waals surface area contributed by atoms with Crippen molar-refractivity contribution in [3.63, 3.8) is 0 Å². The summed E-state index contributed by atoms with van der Waals surface area (Å²) >= 11 is 0. The van der Waals surface area contributed by atoms with Crippen LogP contribution >= 0.6 is 0 Å². The zero-order valence-corrected chi connectivity index (χ0v) is 12.8. The van der Waals surface area contributed by atoms with E-state index in [2.05, 4.69) is 54.7 Å². The molecule has 108 valence electrons. The highest BCUT2D eigenvalue weighted by Gasteiger charge is 2.12. The second-order valence-electron chi connectivity index (χ2n) is 5.30. The molecule has 2 aromatic rings. The third-order valence-corrected chi connectivity index (χ3v) is 3.39. The van der Waals surface area contributed by atoms with Crippen molar-refractivity contribution in [3.8, 4) is 0 Å². The molecule has 2 nitrogen and oxygen atoms in total. The SMILES string of the molecule is CC(=O)N[C@H](C)/C(=C/c1ccc(C)cc1)c1ccccc1. The minimum absolute atomic E-state index is 0.0202. The van der Waals surface area contributed by atoms with Gasteiger partial charge in [0.25, 0.3) is 0 Å². The predicted octanol–water partition coefficient (Wildman–Crippen LogP) is 4.06. The minimum atomic E-state index is -0.0359. The topological polar surface area (TPSA) is 29.1 Å². The standard InChI is InChI=1S/C19H21NO/c1-14-9-11-17(12-10-14)13-19(15(2)20-16(3)21)18-7-5-4-6-8-18/h4-13,15H,1-3H3,(H,20,21)/b19-13-/t15-/m1/s1. The quantitative estimate of drug-likeness (QED) is 0.840. The predicted molar refractivity (Wildman–Crippen MR) is 88.8 cm³/mol. The number of aryl methyl sites for hydroxylation is 1. The molecule has 0 aromatic heterocycles. The van der Waals surface area contributed by atoms with Crippen LogP contribution in [-0.4, -0.2) is 11.9 Å². The van der Waals surface area contributed by atoms with Crippen LogP contribution in [0.1, 0.15) is 30.5 Å². The van der Waals surface area contributed by atoms with Gasteiger partial charge >= 0.3 is 0 Å². The third-order valence-electron chi connectivity index (χ3n) is 3.39. The van der Waals surface area contributed by atoms with E-state index < -0.39 is 0 Å². The third kappa shape index (κ3) is 4.32. The molecule has 0 saturated carbocycles. The Labute approximate surface area is 126 Å². The van der Waals surface area contributed by atoms with Gasteiger partial charge in [-0.3, -0.25) is 4.79 Å². The van der Waals surface area contributed by atoms with Crippen LogP contribution in [0.4, 0.5) is 0 Å². The summed E-state index contributed by atoms with van der Waals surface area (Å²) in [5.41, 5.74) is 4.61. The zero-order chi connectivity index (χ0) is 15.2. The second-order valence-corrected chi connectivity index (χ2v) is 5.30. The summed E-state index contributed by atoms with van der Waals surface area (Å²) in [6, 6.07) is 18.5. The van der Waals surface area contributed by atoms with E-state index >= 15 is 0 Å². The Hall–Kier alpha value is -2.35. The lowest BCUT2D eigenvalue weighted by molar-refractivity contribution is -0.119. The molecule has 0 aliphatic carbocycles. The first-order valence-electron chi connectivity index (χ1n) is 7.17. The molecule has 0 aliphatic rings. The average molecular weight is 279 g/mol. The molecule has 0 aliphatic heterocycles. The van der Waals surface area contributed by atoms with Gasteiger partial charge in [-0.2, -0.15) is 0 Å². The van der Waals surface area contributed by atoms with Gasteiger partial charge in [0.15, 0.2) is 0 Å². The highest BCUT2D eigenvalue weighted by Crippen LogP contribution is 2.22. The van der Waals surface area contributed by atoms with Gasteiger partial charge in [0.1, 0.15) is 0 Å². The van der Waals surface area contributed by atoms with Crippen molar-refractivity contribution in [2.24, 2.45) is 0 Å². The van der Waals surface area contributed by atoms with Gasteiger partial charge in [0, 0.05) is 6.92 Å². The van der Waals surface area contributed by atoms with Crippen LogP contribution in [0.3, 0.4) is 0 Å². The van der Waals surface area contributed by atoms with E-state index in [1.54, 1.807) is 6.92 Å². The molecular weight excluding hydrogens is 258 g/mol. The molecule has 0 saturated heterocycles. The van der Waals surface area contributed by atoms with E-state index in [1.165, 1.54) is 5.56 Å². The van der Waals surface area contributed by atoms with Crippen LogP contribution < -0.4 is 5.32 Å².